The molecule has 0 saturated carbocycles. The molecule has 140 valence electrons. The van der Waals surface area contributed by atoms with Crippen molar-refractivity contribution in [2.45, 2.75) is 31.7 Å². The van der Waals surface area contributed by atoms with Gasteiger partial charge in [-0.05, 0) is 49.4 Å². The number of H-pyrrole nitrogens is 1. The van der Waals surface area contributed by atoms with Crippen LogP contribution < -0.4 is 4.74 Å². The number of sulfone groups is 1. The van der Waals surface area contributed by atoms with Gasteiger partial charge >= 0.3 is 0 Å². The Morgan fingerprint density at radius 2 is 2.12 bits per heavy atom. The summed E-state index contributed by atoms with van der Waals surface area (Å²) in [5.41, 5.74) is 3.46. The molecule has 1 aliphatic carbocycles. The summed E-state index contributed by atoms with van der Waals surface area (Å²) >= 11 is 0. The first kappa shape index (κ1) is 17.4. The second-order valence-electron chi connectivity index (χ2n) is 7.44. The number of aromatic amines is 1. The molecular formula is C19H24N2O4S. The molecule has 1 fully saturated rings. The number of fused-ring (bicyclic) bond motifs is 3. The Morgan fingerprint density at radius 3 is 2.81 bits per heavy atom. The Hall–Kier alpha value is -2.02. The van der Waals surface area contributed by atoms with Gasteiger partial charge in [0.15, 0.2) is 9.84 Å². The third kappa shape index (κ3) is 2.98. The first-order valence-electron chi connectivity index (χ1n) is 9.02. The number of nitrogens with one attached hydrogen (secondary N) is 1. The van der Waals surface area contributed by atoms with E-state index in [0.29, 0.717) is 12.8 Å². The predicted octanol–water partition coefficient (Wildman–Crippen LogP) is 1.93. The number of carbonyl (C=O) groups excluding carboxylic acids is 1. The Morgan fingerprint density at radius 1 is 1.31 bits per heavy atom. The van der Waals surface area contributed by atoms with Gasteiger partial charge in [-0.3, -0.25) is 4.79 Å². The maximum atomic E-state index is 13.0. The van der Waals surface area contributed by atoms with E-state index in [4.69, 9.17) is 4.74 Å². The molecule has 6 nitrogen and oxygen atoms in total. The molecule has 2 unspecified atom stereocenters. The monoisotopic (exact) mass is 376 g/mol. The number of benzene rings is 1. The SMILES string of the molecule is COc1ccc2[nH]c3c(c2c1)CC(C(=O)N(C)C1CCS(=O)(=O)C1)CC3. The van der Waals surface area contributed by atoms with Crippen LogP contribution in [0.15, 0.2) is 18.2 Å². The van der Waals surface area contributed by atoms with Gasteiger partial charge in [0.1, 0.15) is 5.75 Å². The fraction of sp³-hybridized carbons (Fsp3) is 0.526. The van der Waals surface area contributed by atoms with E-state index in [9.17, 15) is 13.2 Å². The van der Waals surface area contributed by atoms with E-state index in [1.165, 1.54) is 11.3 Å². The lowest BCUT2D eigenvalue weighted by Gasteiger charge is -2.30. The van der Waals surface area contributed by atoms with E-state index in [-0.39, 0.29) is 29.4 Å². The summed E-state index contributed by atoms with van der Waals surface area (Å²) in [6, 6.07) is 5.78. The number of ether oxygens (including phenoxy) is 1. The molecule has 1 saturated heterocycles. The van der Waals surface area contributed by atoms with Crippen molar-refractivity contribution in [2.75, 3.05) is 25.7 Å². The van der Waals surface area contributed by atoms with Gasteiger partial charge in [-0.1, -0.05) is 0 Å². The van der Waals surface area contributed by atoms with Gasteiger partial charge in [0.2, 0.25) is 5.91 Å². The molecule has 1 aromatic carbocycles. The highest BCUT2D eigenvalue weighted by molar-refractivity contribution is 7.91. The van der Waals surface area contributed by atoms with Crippen LogP contribution in [-0.2, 0) is 27.5 Å². The molecule has 0 spiro atoms. The van der Waals surface area contributed by atoms with E-state index in [2.05, 4.69) is 4.98 Å². The normalized spacial score (nSPS) is 24.4. The maximum absolute atomic E-state index is 13.0. The lowest BCUT2D eigenvalue weighted by atomic mass is 9.85. The Labute approximate surface area is 153 Å². The summed E-state index contributed by atoms with van der Waals surface area (Å²) in [5.74, 6) is 1.06. The fourth-order valence-electron chi connectivity index (χ4n) is 4.28. The number of hydrogen-bond acceptors (Lipinski definition) is 4. The van der Waals surface area contributed by atoms with Gasteiger partial charge in [-0.25, -0.2) is 8.42 Å². The molecule has 7 heteroatoms. The van der Waals surface area contributed by atoms with Crippen LogP contribution in [-0.4, -0.2) is 55.9 Å². The van der Waals surface area contributed by atoms with Crippen LogP contribution in [0.25, 0.3) is 10.9 Å². The third-order valence-electron chi connectivity index (χ3n) is 5.85. The molecule has 4 rings (SSSR count). The quantitative estimate of drug-likeness (QED) is 0.888. The van der Waals surface area contributed by atoms with Crippen LogP contribution in [0.2, 0.25) is 0 Å². The van der Waals surface area contributed by atoms with Gasteiger partial charge in [-0.2, -0.15) is 0 Å². The molecule has 1 aliphatic heterocycles. The van der Waals surface area contributed by atoms with Crippen LogP contribution in [0, 0.1) is 5.92 Å². The summed E-state index contributed by atoms with van der Waals surface area (Å²) in [7, 11) is 0.408. The van der Waals surface area contributed by atoms with E-state index >= 15 is 0 Å². The maximum Gasteiger partial charge on any atom is 0.226 e. The summed E-state index contributed by atoms with van der Waals surface area (Å²) < 4.78 is 28.8. The van der Waals surface area contributed by atoms with Crippen molar-refractivity contribution < 1.29 is 17.9 Å². The zero-order valence-corrected chi connectivity index (χ0v) is 15.9. The first-order valence-corrected chi connectivity index (χ1v) is 10.8. The first-order chi connectivity index (χ1) is 12.4. The average Bonchev–Trinajstić information content (AvgIpc) is 3.18. The van der Waals surface area contributed by atoms with Crippen LogP contribution in [0.1, 0.15) is 24.1 Å². The van der Waals surface area contributed by atoms with Crippen molar-refractivity contribution >= 4 is 26.6 Å². The van der Waals surface area contributed by atoms with E-state index < -0.39 is 9.84 Å². The van der Waals surface area contributed by atoms with Crippen molar-refractivity contribution in [3.63, 3.8) is 0 Å². The van der Waals surface area contributed by atoms with Crippen LogP contribution in [0.3, 0.4) is 0 Å². The third-order valence-corrected chi connectivity index (χ3v) is 7.60. The van der Waals surface area contributed by atoms with Gasteiger partial charge in [0.25, 0.3) is 0 Å². The molecule has 1 aromatic heterocycles. The minimum absolute atomic E-state index is 0.0648. The van der Waals surface area contributed by atoms with Crippen molar-refractivity contribution in [3.05, 3.63) is 29.5 Å². The van der Waals surface area contributed by atoms with E-state index in [1.54, 1.807) is 19.1 Å². The summed E-state index contributed by atoms with van der Waals surface area (Å²) in [6.07, 6.45) is 2.86. The molecule has 26 heavy (non-hydrogen) atoms. The summed E-state index contributed by atoms with van der Waals surface area (Å²) in [4.78, 5) is 18.1. The second kappa shape index (κ2) is 6.30. The van der Waals surface area contributed by atoms with Crippen LogP contribution in [0.5, 0.6) is 5.75 Å². The Kier molecular flexibility index (Phi) is 4.22. The molecule has 0 radical (unpaired) electrons. The number of amides is 1. The minimum Gasteiger partial charge on any atom is -0.497 e. The highest BCUT2D eigenvalue weighted by Crippen LogP contribution is 2.34. The summed E-state index contributed by atoms with van der Waals surface area (Å²) in [5, 5.41) is 1.11. The number of hydrogen-bond donors (Lipinski definition) is 1. The zero-order valence-electron chi connectivity index (χ0n) is 15.1. The number of nitrogens with zero attached hydrogens (tertiary/aromatic N) is 1. The zero-order chi connectivity index (χ0) is 18.5. The molecule has 0 bridgehead atoms. The van der Waals surface area contributed by atoms with Gasteiger partial charge in [0.05, 0.1) is 18.6 Å². The number of methoxy groups -OCH3 is 1. The van der Waals surface area contributed by atoms with Crippen molar-refractivity contribution in [2.24, 2.45) is 5.92 Å². The largest absolute Gasteiger partial charge is 0.497 e. The number of rotatable bonds is 3. The van der Waals surface area contributed by atoms with Crippen molar-refractivity contribution in [3.8, 4) is 5.75 Å². The van der Waals surface area contributed by atoms with E-state index in [0.717, 1.165) is 29.5 Å². The molecule has 1 amide bonds. The molecule has 2 atom stereocenters. The Balaban J connectivity index is 1.56. The highest BCUT2D eigenvalue weighted by Gasteiger charge is 2.36. The number of aryl methyl sites for hydroxylation is 1. The summed E-state index contributed by atoms with van der Waals surface area (Å²) in [6.45, 7) is 0. The predicted molar refractivity (Wildman–Crippen MR) is 100 cm³/mol. The minimum atomic E-state index is -2.99. The fourth-order valence-corrected chi connectivity index (χ4v) is 6.06. The average molecular weight is 376 g/mol. The van der Waals surface area contributed by atoms with Gasteiger partial charge in [-0.15, -0.1) is 0 Å². The number of carbonyl (C=O) groups is 1. The second-order valence-corrected chi connectivity index (χ2v) is 9.67. The topological polar surface area (TPSA) is 79.5 Å². The highest BCUT2D eigenvalue weighted by atomic mass is 32.2. The van der Waals surface area contributed by atoms with Gasteiger partial charge in [0, 0.05) is 35.6 Å². The molecular weight excluding hydrogens is 352 g/mol. The van der Waals surface area contributed by atoms with Gasteiger partial charge < -0.3 is 14.6 Å². The lowest BCUT2D eigenvalue weighted by molar-refractivity contribution is -0.136. The number of aromatic nitrogens is 1. The lowest BCUT2D eigenvalue weighted by Crippen LogP contribution is -2.42. The van der Waals surface area contributed by atoms with Crippen molar-refractivity contribution in [1.82, 2.24) is 9.88 Å². The van der Waals surface area contributed by atoms with Crippen molar-refractivity contribution in [1.29, 1.82) is 0 Å². The smallest absolute Gasteiger partial charge is 0.226 e. The molecule has 1 N–H and O–H groups in total. The standard InChI is InChI=1S/C19H24N2O4S/c1-21(13-7-8-26(23,24)11-13)19(22)12-3-5-17-15(9-12)16-10-14(25-2)4-6-18(16)20-17/h4,6,10,12-13,20H,3,5,7-9,11H2,1-2H3. The van der Waals surface area contributed by atoms with Crippen LogP contribution in [0.4, 0.5) is 0 Å². The van der Waals surface area contributed by atoms with Crippen LogP contribution >= 0.6 is 0 Å². The molecule has 2 heterocycles. The molecule has 2 aliphatic rings. The molecule has 2 aromatic rings. The Bertz CT molecular complexity index is 963. The van der Waals surface area contributed by atoms with E-state index in [1.807, 2.05) is 18.2 Å².